The van der Waals surface area contributed by atoms with Crippen LogP contribution in [-0.4, -0.2) is 35.3 Å². The fourth-order valence-corrected chi connectivity index (χ4v) is 2.73. The topological polar surface area (TPSA) is 56.6 Å². The van der Waals surface area contributed by atoms with E-state index in [1.807, 2.05) is 35.8 Å². The summed E-state index contributed by atoms with van der Waals surface area (Å²) in [7, 11) is 0. The quantitative estimate of drug-likeness (QED) is 0.603. The summed E-state index contributed by atoms with van der Waals surface area (Å²) in [6.45, 7) is 6.06. The van der Waals surface area contributed by atoms with Crippen LogP contribution in [0.25, 0.3) is 5.69 Å². The van der Waals surface area contributed by atoms with E-state index in [0.717, 1.165) is 17.2 Å². The number of nitrogens with zero attached hydrogens (tertiary/aromatic N) is 3. The Morgan fingerprint density at radius 2 is 2.04 bits per heavy atom. The van der Waals surface area contributed by atoms with E-state index in [1.165, 1.54) is 0 Å². The van der Waals surface area contributed by atoms with Gasteiger partial charge in [0.05, 0.1) is 37.4 Å². The number of hydrogen-bond acceptors (Lipinski definition) is 5. The number of fused-ring (bicyclic) bond motifs is 3. The summed E-state index contributed by atoms with van der Waals surface area (Å²) in [6, 6.07) is 8.07. The van der Waals surface area contributed by atoms with Gasteiger partial charge in [0.25, 0.3) is 0 Å². The Kier molecular flexibility index (Phi) is 4.84. The van der Waals surface area contributed by atoms with Crippen molar-refractivity contribution in [2.75, 3.05) is 24.7 Å². The number of carbonyl (C=O) groups is 1. The van der Waals surface area contributed by atoms with Crippen molar-refractivity contribution < 1.29 is 14.3 Å². The average Bonchev–Trinajstić information content (AvgIpc) is 3.03. The molecule has 0 N–H and O–H groups in total. The summed E-state index contributed by atoms with van der Waals surface area (Å²) >= 11 is 0. The van der Waals surface area contributed by atoms with Crippen molar-refractivity contribution in [2.45, 2.75) is 20.4 Å². The van der Waals surface area contributed by atoms with Crippen molar-refractivity contribution >= 4 is 11.7 Å². The lowest BCUT2D eigenvalue weighted by Gasteiger charge is -2.30. The van der Waals surface area contributed by atoms with Gasteiger partial charge in [0.2, 0.25) is 0 Å². The van der Waals surface area contributed by atoms with Crippen LogP contribution in [0.2, 0.25) is 0 Å². The van der Waals surface area contributed by atoms with Gasteiger partial charge < -0.3 is 14.4 Å². The van der Waals surface area contributed by atoms with Crippen LogP contribution in [0.5, 0.6) is 0 Å². The van der Waals surface area contributed by atoms with Crippen LogP contribution < -0.4 is 4.90 Å². The molecule has 6 heteroatoms. The first-order chi connectivity index (χ1) is 11.7. The summed E-state index contributed by atoms with van der Waals surface area (Å²) in [4.78, 5) is 18.6. The van der Waals surface area contributed by atoms with Gasteiger partial charge in [-0.2, -0.15) is 0 Å². The second-order valence-corrected chi connectivity index (χ2v) is 5.33. The lowest BCUT2D eigenvalue weighted by Crippen LogP contribution is -2.29. The Hall–Kier alpha value is -2.76. The number of aromatic nitrogens is 2. The van der Waals surface area contributed by atoms with E-state index in [1.54, 1.807) is 19.4 Å². The van der Waals surface area contributed by atoms with Crippen LogP contribution in [0.3, 0.4) is 0 Å². The van der Waals surface area contributed by atoms with Crippen molar-refractivity contribution in [3.8, 4) is 5.69 Å². The lowest BCUT2D eigenvalue weighted by atomic mass is 10.2. The van der Waals surface area contributed by atoms with Crippen molar-refractivity contribution in [3.63, 3.8) is 0 Å². The zero-order valence-electron chi connectivity index (χ0n) is 13.9. The van der Waals surface area contributed by atoms with Gasteiger partial charge in [-0.25, -0.2) is 9.78 Å². The molecule has 1 aliphatic rings. The Balaban J connectivity index is 1.91. The van der Waals surface area contributed by atoms with Crippen LogP contribution in [-0.2, 0) is 16.0 Å². The molecule has 0 amide bonds. The van der Waals surface area contributed by atoms with Crippen LogP contribution in [0.4, 0.5) is 5.69 Å². The van der Waals surface area contributed by atoms with E-state index in [9.17, 15) is 4.79 Å². The fraction of sp³-hybridized carbons (Fsp3) is 0.333. The number of benzene rings is 1. The van der Waals surface area contributed by atoms with Crippen molar-refractivity contribution in [2.24, 2.45) is 0 Å². The highest BCUT2D eigenvalue weighted by Gasteiger charge is 2.25. The largest absolute Gasteiger partial charge is 0.502 e. The Morgan fingerprint density at radius 1 is 1.25 bits per heavy atom. The standard InChI is InChI=1S/C18H21N3O3/c1-3-23-11-7-10-20-13-17-19-14(18(22)24-4-2)12-21(17)16-9-6-5-8-15(16)20/h5-9,11-12H,3-4,10,13H2,1-2H3. The van der Waals surface area contributed by atoms with E-state index in [0.29, 0.717) is 32.0 Å². The van der Waals surface area contributed by atoms with Crippen LogP contribution in [0, 0.1) is 0 Å². The van der Waals surface area contributed by atoms with E-state index in [2.05, 4.69) is 16.0 Å². The first-order valence-corrected chi connectivity index (χ1v) is 8.11. The molecule has 0 spiro atoms. The Bertz CT molecular complexity index is 752. The van der Waals surface area contributed by atoms with Gasteiger partial charge >= 0.3 is 5.97 Å². The third kappa shape index (κ3) is 3.13. The van der Waals surface area contributed by atoms with E-state index >= 15 is 0 Å². The third-order valence-corrected chi connectivity index (χ3v) is 3.76. The molecule has 2 heterocycles. The van der Waals surface area contributed by atoms with Crippen molar-refractivity contribution in [1.82, 2.24) is 9.55 Å². The molecule has 0 aliphatic carbocycles. The molecule has 0 fully saturated rings. The van der Waals surface area contributed by atoms with Gasteiger partial charge in [0.15, 0.2) is 5.69 Å². The zero-order valence-corrected chi connectivity index (χ0v) is 13.9. The molecule has 0 saturated carbocycles. The SMILES string of the molecule is CCOC=CCN1Cc2nc(C(=O)OCC)cn2-c2ccccc21. The van der Waals surface area contributed by atoms with Crippen LogP contribution in [0.1, 0.15) is 30.2 Å². The molecular weight excluding hydrogens is 306 g/mol. The summed E-state index contributed by atoms with van der Waals surface area (Å²) in [5.74, 6) is 0.432. The Labute approximate surface area is 141 Å². The third-order valence-electron chi connectivity index (χ3n) is 3.76. The minimum atomic E-state index is -0.389. The number of ether oxygens (including phenoxy) is 2. The molecule has 0 bridgehead atoms. The molecule has 1 aliphatic heterocycles. The maximum absolute atomic E-state index is 12.0. The first-order valence-electron chi connectivity index (χ1n) is 8.11. The first kappa shape index (κ1) is 16.1. The Morgan fingerprint density at radius 3 is 2.79 bits per heavy atom. The molecule has 0 saturated heterocycles. The maximum Gasteiger partial charge on any atom is 0.358 e. The smallest absolute Gasteiger partial charge is 0.358 e. The number of rotatable bonds is 6. The minimum absolute atomic E-state index is 0.339. The molecule has 2 aromatic rings. The molecule has 3 rings (SSSR count). The number of para-hydroxylation sites is 2. The molecule has 0 atom stereocenters. The predicted molar refractivity (Wildman–Crippen MR) is 91.3 cm³/mol. The second kappa shape index (κ2) is 7.21. The van der Waals surface area contributed by atoms with Gasteiger partial charge in [0, 0.05) is 12.7 Å². The molecule has 1 aromatic heterocycles. The van der Waals surface area contributed by atoms with Gasteiger partial charge in [0.1, 0.15) is 5.82 Å². The molecular formula is C18H21N3O3. The fourth-order valence-electron chi connectivity index (χ4n) is 2.73. The average molecular weight is 327 g/mol. The molecule has 0 radical (unpaired) electrons. The molecule has 0 unspecified atom stereocenters. The summed E-state index contributed by atoms with van der Waals surface area (Å²) in [5, 5.41) is 0. The lowest BCUT2D eigenvalue weighted by molar-refractivity contribution is 0.0520. The molecule has 126 valence electrons. The van der Waals surface area contributed by atoms with Gasteiger partial charge in [-0.15, -0.1) is 0 Å². The number of carbonyl (C=O) groups excluding carboxylic acids is 1. The normalized spacial score (nSPS) is 12.8. The molecule has 1 aromatic carbocycles. The minimum Gasteiger partial charge on any atom is -0.502 e. The number of anilines is 1. The van der Waals surface area contributed by atoms with Gasteiger partial charge in [-0.1, -0.05) is 12.1 Å². The van der Waals surface area contributed by atoms with Crippen LogP contribution in [0.15, 0.2) is 42.8 Å². The highest BCUT2D eigenvalue weighted by atomic mass is 16.5. The summed E-state index contributed by atoms with van der Waals surface area (Å²) in [6.07, 6.45) is 5.44. The van der Waals surface area contributed by atoms with Crippen LogP contribution >= 0.6 is 0 Å². The van der Waals surface area contributed by atoms with Crippen molar-refractivity contribution in [1.29, 1.82) is 0 Å². The molecule has 24 heavy (non-hydrogen) atoms. The van der Waals surface area contributed by atoms with Crippen molar-refractivity contribution in [3.05, 3.63) is 54.3 Å². The van der Waals surface area contributed by atoms with E-state index in [-0.39, 0.29) is 5.97 Å². The number of esters is 1. The zero-order chi connectivity index (χ0) is 16.9. The van der Waals surface area contributed by atoms with E-state index < -0.39 is 0 Å². The number of hydrogen-bond donors (Lipinski definition) is 0. The summed E-state index contributed by atoms with van der Waals surface area (Å²) in [5.41, 5.74) is 2.44. The molecule has 6 nitrogen and oxygen atoms in total. The summed E-state index contributed by atoms with van der Waals surface area (Å²) < 4.78 is 12.3. The number of imidazole rings is 1. The highest BCUT2D eigenvalue weighted by molar-refractivity contribution is 5.87. The van der Waals surface area contributed by atoms with E-state index in [4.69, 9.17) is 9.47 Å². The second-order valence-electron chi connectivity index (χ2n) is 5.33. The monoisotopic (exact) mass is 327 g/mol. The predicted octanol–water partition coefficient (Wildman–Crippen LogP) is 2.92. The highest BCUT2D eigenvalue weighted by Crippen LogP contribution is 2.31. The maximum atomic E-state index is 12.0. The van der Waals surface area contributed by atoms with Gasteiger partial charge in [-0.3, -0.25) is 4.57 Å². The van der Waals surface area contributed by atoms with Gasteiger partial charge in [-0.05, 0) is 32.1 Å².